The molecule has 0 aliphatic carbocycles. The zero-order valence-corrected chi connectivity index (χ0v) is 17.7. The zero-order valence-electron chi connectivity index (χ0n) is 17.7. The molecule has 0 bridgehead atoms. The Labute approximate surface area is 180 Å². The van der Waals surface area contributed by atoms with Gasteiger partial charge in [-0.15, -0.1) is 0 Å². The number of benzene rings is 1. The quantitative estimate of drug-likeness (QED) is 0.508. The molecule has 1 aromatic carbocycles. The maximum absolute atomic E-state index is 12.6. The maximum atomic E-state index is 12.6. The van der Waals surface area contributed by atoms with Gasteiger partial charge in [-0.25, -0.2) is 14.6 Å². The minimum Gasteiger partial charge on any atom is -0.459 e. The molecule has 0 N–H and O–H groups in total. The van der Waals surface area contributed by atoms with Crippen molar-refractivity contribution in [1.82, 2.24) is 24.6 Å². The van der Waals surface area contributed by atoms with Crippen LogP contribution in [0, 0.1) is 6.92 Å². The molecule has 0 unspecified atom stereocenters. The molecule has 1 saturated heterocycles. The summed E-state index contributed by atoms with van der Waals surface area (Å²) in [6.45, 7) is 6.66. The van der Waals surface area contributed by atoms with Gasteiger partial charge in [0.15, 0.2) is 11.4 Å². The Balaban J connectivity index is 1.49. The van der Waals surface area contributed by atoms with Crippen LogP contribution in [0.4, 0.5) is 5.82 Å². The summed E-state index contributed by atoms with van der Waals surface area (Å²) < 4.78 is 7.17. The first-order valence-corrected chi connectivity index (χ1v) is 10.5. The number of hydrogen-bond acceptors (Lipinski definition) is 6. The fourth-order valence-corrected chi connectivity index (χ4v) is 4.02. The smallest absolute Gasteiger partial charge is 0.289 e. The highest BCUT2D eigenvalue weighted by Gasteiger charge is 2.27. The van der Waals surface area contributed by atoms with Crippen molar-refractivity contribution < 1.29 is 9.21 Å². The van der Waals surface area contributed by atoms with Crippen LogP contribution in [0.3, 0.4) is 0 Å². The number of furan rings is 1. The molecule has 1 aliphatic heterocycles. The number of fused-ring (bicyclic) bond motifs is 1. The number of para-hydroxylation sites is 1. The predicted octanol–water partition coefficient (Wildman–Crippen LogP) is 3.24. The Kier molecular flexibility index (Phi) is 4.89. The highest BCUT2D eigenvalue weighted by Crippen LogP contribution is 2.30. The maximum Gasteiger partial charge on any atom is 0.289 e. The third-order valence-electron chi connectivity index (χ3n) is 5.64. The molecule has 31 heavy (non-hydrogen) atoms. The molecule has 5 rings (SSSR count). The third kappa shape index (κ3) is 3.43. The van der Waals surface area contributed by atoms with E-state index in [4.69, 9.17) is 19.5 Å². The summed E-state index contributed by atoms with van der Waals surface area (Å²) in [5, 5.41) is 5.74. The van der Waals surface area contributed by atoms with Gasteiger partial charge in [0.05, 0.1) is 23.0 Å². The molecule has 0 spiro atoms. The van der Waals surface area contributed by atoms with Crippen LogP contribution in [0.1, 0.15) is 29.0 Å². The number of nitrogens with zero attached hydrogens (tertiary/aromatic N) is 6. The van der Waals surface area contributed by atoms with Crippen molar-refractivity contribution in [3.05, 3.63) is 66.0 Å². The lowest BCUT2D eigenvalue weighted by atomic mass is 10.2. The molecule has 1 aliphatic rings. The molecule has 4 heterocycles. The fraction of sp³-hybridized carbons (Fsp3) is 0.304. The monoisotopic (exact) mass is 416 g/mol. The summed E-state index contributed by atoms with van der Waals surface area (Å²) in [4.78, 5) is 26.3. The minimum absolute atomic E-state index is 0.0696. The lowest BCUT2D eigenvalue weighted by Crippen LogP contribution is -2.49. The van der Waals surface area contributed by atoms with E-state index in [0.29, 0.717) is 31.9 Å². The molecule has 1 amide bonds. The Morgan fingerprint density at radius 3 is 2.48 bits per heavy atom. The van der Waals surface area contributed by atoms with Crippen molar-refractivity contribution in [3.8, 4) is 5.69 Å². The first-order valence-electron chi connectivity index (χ1n) is 10.5. The second-order valence-corrected chi connectivity index (χ2v) is 7.60. The second kappa shape index (κ2) is 7.86. The predicted molar refractivity (Wildman–Crippen MR) is 118 cm³/mol. The van der Waals surface area contributed by atoms with Crippen molar-refractivity contribution >= 4 is 22.8 Å². The standard InChI is InChI=1S/C23H24N6O2/c1-3-19-24-21(27-11-13-28(14-12-27)23(30)18-10-7-15-31-18)20-16(2)26-29(22(20)25-19)17-8-5-4-6-9-17/h4-10,15H,3,11-14H2,1-2H3. The number of piperazine rings is 1. The van der Waals surface area contributed by atoms with E-state index in [-0.39, 0.29) is 5.91 Å². The molecule has 0 atom stereocenters. The lowest BCUT2D eigenvalue weighted by molar-refractivity contribution is 0.0714. The molecule has 8 heteroatoms. The molecule has 0 radical (unpaired) electrons. The number of rotatable bonds is 4. The second-order valence-electron chi connectivity index (χ2n) is 7.60. The lowest BCUT2D eigenvalue weighted by Gasteiger charge is -2.35. The van der Waals surface area contributed by atoms with Crippen LogP contribution in [-0.2, 0) is 6.42 Å². The number of hydrogen-bond donors (Lipinski definition) is 0. The zero-order chi connectivity index (χ0) is 21.4. The Morgan fingerprint density at radius 1 is 1.03 bits per heavy atom. The van der Waals surface area contributed by atoms with E-state index in [2.05, 4.69) is 11.8 Å². The average molecular weight is 416 g/mol. The molecular formula is C23H24N6O2. The Morgan fingerprint density at radius 2 is 1.81 bits per heavy atom. The molecular weight excluding hydrogens is 392 g/mol. The van der Waals surface area contributed by atoms with Crippen LogP contribution in [0.2, 0.25) is 0 Å². The number of carbonyl (C=O) groups is 1. The van der Waals surface area contributed by atoms with Gasteiger partial charge in [-0.3, -0.25) is 4.79 Å². The fourth-order valence-electron chi connectivity index (χ4n) is 4.02. The molecule has 8 nitrogen and oxygen atoms in total. The van der Waals surface area contributed by atoms with E-state index in [1.807, 2.05) is 46.8 Å². The normalized spacial score (nSPS) is 14.4. The van der Waals surface area contributed by atoms with Crippen molar-refractivity contribution in [3.63, 3.8) is 0 Å². The van der Waals surface area contributed by atoms with Crippen molar-refractivity contribution in [2.24, 2.45) is 0 Å². The molecule has 3 aromatic heterocycles. The summed E-state index contributed by atoms with van der Waals surface area (Å²) in [6.07, 6.45) is 2.26. The van der Waals surface area contributed by atoms with Gasteiger partial charge in [-0.05, 0) is 31.2 Å². The van der Waals surface area contributed by atoms with E-state index in [0.717, 1.165) is 40.5 Å². The molecule has 158 valence electrons. The molecule has 1 fully saturated rings. The van der Waals surface area contributed by atoms with Gasteiger partial charge in [0, 0.05) is 32.6 Å². The minimum atomic E-state index is -0.0696. The first kappa shape index (κ1) is 19.3. The highest BCUT2D eigenvalue weighted by molar-refractivity contribution is 5.92. The number of carbonyl (C=O) groups excluding carboxylic acids is 1. The van der Waals surface area contributed by atoms with Gasteiger partial charge < -0.3 is 14.2 Å². The van der Waals surface area contributed by atoms with Crippen molar-refractivity contribution in [2.75, 3.05) is 31.1 Å². The van der Waals surface area contributed by atoms with E-state index < -0.39 is 0 Å². The van der Waals surface area contributed by atoms with E-state index in [9.17, 15) is 4.79 Å². The molecule has 0 saturated carbocycles. The number of aryl methyl sites for hydroxylation is 2. The molecule has 4 aromatic rings. The summed E-state index contributed by atoms with van der Waals surface area (Å²) >= 11 is 0. The van der Waals surface area contributed by atoms with Crippen molar-refractivity contribution in [2.45, 2.75) is 20.3 Å². The third-order valence-corrected chi connectivity index (χ3v) is 5.64. The Hall–Kier alpha value is -3.68. The summed E-state index contributed by atoms with van der Waals surface area (Å²) in [5.74, 6) is 1.99. The van der Waals surface area contributed by atoms with Crippen LogP contribution in [0.25, 0.3) is 16.7 Å². The van der Waals surface area contributed by atoms with Crippen molar-refractivity contribution in [1.29, 1.82) is 0 Å². The summed E-state index contributed by atoms with van der Waals surface area (Å²) in [5.41, 5.74) is 2.69. The van der Waals surface area contributed by atoms with Gasteiger partial charge in [-0.2, -0.15) is 5.10 Å². The average Bonchev–Trinajstić information content (AvgIpc) is 3.47. The summed E-state index contributed by atoms with van der Waals surface area (Å²) in [6, 6.07) is 13.5. The van der Waals surface area contributed by atoms with Gasteiger partial charge in [0.25, 0.3) is 5.91 Å². The topological polar surface area (TPSA) is 80.3 Å². The van der Waals surface area contributed by atoms with Crippen LogP contribution >= 0.6 is 0 Å². The van der Waals surface area contributed by atoms with Gasteiger partial charge >= 0.3 is 0 Å². The number of anilines is 1. The Bertz CT molecular complexity index is 1210. The van der Waals surface area contributed by atoms with Gasteiger partial charge in [0.2, 0.25) is 0 Å². The largest absolute Gasteiger partial charge is 0.459 e. The number of amides is 1. The highest BCUT2D eigenvalue weighted by atomic mass is 16.3. The van der Waals surface area contributed by atoms with Crippen LogP contribution in [0.5, 0.6) is 0 Å². The van der Waals surface area contributed by atoms with Gasteiger partial charge in [-0.1, -0.05) is 25.1 Å². The van der Waals surface area contributed by atoms with E-state index in [1.165, 1.54) is 6.26 Å². The van der Waals surface area contributed by atoms with Gasteiger partial charge in [0.1, 0.15) is 11.6 Å². The number of aromatic nitrogens is 4. The first-order chi connectivity index (χ1) is 15.2. The van der Waals surface area contributed by atoms with Crippen LogP contribution < -0.4 is 4.90 Å². The SMILES string of the molecule is CCc1nc(N2CCN(C(=O)c3ccco3)CC2)c2c(C)nn(-c3ccccc3)c2n1. The summed E-state index contributed by atoms with van der Waals surface area (Å²) in [7, 11) is 0. The van der Waals surface area contributed by atoms with Crippen LogP contribution in [0.15, 0.2) is 53.1 Å². The van der Waals surface area contributed by atoms with Crippen LogP contribution in [-0.4, -0.2) is 56.7 Å². The van der Waals surface area contributed by atoms with E-state index in [1.54, 1.807) is 12.1 Å². The van der Waals surface area contributed by atoms with E-state index >= 15 is 0 Å².